The summed E-state index contributed by atoms with van der Waals surface area (Å²) in [5.41, 5.74) is 0.0245. The van der Waals surface area contributed by atoms with Crippen LogP contribution in [-0.4, -0.2) is 33.6 Å². The molecule has 2 aliphatic carbocycles. The third-order valence-electron chi connectivity index (χ3n) is 4.95. The van der Waals surface area contributed by atoms with Crippen molar-refractivity contribution in [3.8, 4) is 0 Å². The first kappa shape index (κ1) is 12.2. The molecule has 0 spiro atoms. The Morgan fingerprint density at radius 2 is 1.94 bits per heavy atom. The standard InChI is InChI=1S/C15H20O3/c16-9-12-13(10-5-2-1-3-6-10)11-7-4-8-15(12,18)14(11)17/h1-3,5-6,11-14,16-18H,4,7-9H2/t11-,12+,13-,14?,15-/m0/s1. The maximum atomic E-state index is 10.7. The second kappa shape index (κ2) is 4.34. The van der Waals surface area contributed by atoms with Gasteiger partial charge in [0.1, 0.15) is 0 Å². The number of benzene rings is 1. The molecule has 0 saturated heterocycles. The van der Waals surface area contributed by atoms with E-state index in [0.29, 0.717) is 6.42 Å². The van der Waals surface area contributed by atoms with Crippen molar-refractivity contribution in [2.45, 2.75) is 36.9 Å². The van der Waals surface area contributed by atoms with Crippen LogP contribution in [0.3, 0.4) is 0 Å². The molecule has 1 aromatic carbocycles. The highest BCUT2D eigenvalue weighted by Gasteiger charge is 2.60. The van der Waals surface area contributed by atoms with Gasteiger partial charge in [-0.3, -0.25) is 0 Å². The Hall–Kier alpha value is -0.900. The second-order valence-corrected chi connectivity index (χ2v) is 5.72. The van der Waals surface area contributed by atoms with Crippen LogP contribution in [0.5, 0.6) is 0 Å². The van der Waals surface area contributed by atoms with Gasteiger partial charge < -0.3 is 15.3 Å². The normalized spacial score (nSPS) is 43.1. The molecule has 3 nitrogen and oxygen atoms in total. The minimum absolute atomic E-state index is 0.0659. The third-order valence-corrected chi connectivity index (χ3v) is 4.95. The number of rotatable bonds is 2. The molecule has 0 amide bonds. The molecule has 98 valence electrons. The molecule has 1 unspecified atom stereocenters. The van der Waals surface area contributed by atoms with Crippen molar-refractivity contribution in [1.82, 2.24) is 0 Å². The molecule has 3 rings (SSSR count). The van der Waals surface area contributed by atoms with E-state index >= 15 is 0 Å². The van der Waals surface area contributed by atoms with Gasteiger partial charge in [-0.05, 0) is 30.2 Å². The Morgan fingerprint density at radius 1 is 1.22 bits per heavy atom. The lowest BCUT2D eigenvalue weighted by atomic mass is 9.80. The molecule has 5 atom stereocenters. The lowest BCUT2D eigenvalue weighted by molar-refractivity contribution is -0.118. The van der Waals surface area contributed by atoms with Gasteiger partial charge >= 0.3 is 0 Å². The van der Waals surface area contributed by atoms with Crippen molar-refractivity contribution in [2.75, 3.05) is 6.61 Å². The number of hydrogen-bond donors (Lipinski definition) is 3. The van der Waals surface area contributed by atoms with E-state index in [1.165, 1.54) is 0 Å². The summed E-state index contributed by atoms with van der Waals surface area (Å²) >= 11 is 0. The monoisotopic (exact) mass is 248 g/mol. The van der Waals surface area contributed by atoms with Gasteiger partial charge in [0, 0.05) is 12.5 Å². The quantitative estimate of drug-likeness (QED) is 0.739. The SMILES string of the molecule is OC[C@@H]1[C@@H](c2ccccc2)[C@@H]2CCC[C@@]1(O)C2O. The lowest BCUT2D eigenvalue weighted by Crippen LogP contribution is -2.47. The molecule has 3 N–H and O–H groups in total. The average molecular weight is 248 g/mol. The molecule has 0 aromatic heterocycles. The van der Waals surface area contributed by atoms with E-state index in [4.69, 9.17) is 0 Å². The molecule has 18 heavy (non-hydrogen) atoms. The highest BCUT2D eigenvalue weighted by molar-refractivity contribution is 5.28. The maximum Gasteiger partial charge on any atom is 0.0964 e. The fourth-order valence-electron chi connectivity index (χ4n) is 4.11. The van der Waals surface area contributed by atoms with Gasteiger partial charge in [-0.2, -0.15) is 0 Å². The van der Waals surface area contributed by atoms with E-state index in [0.717, 1.165) is 18.4 Å². The third kappa shape index (κ3) is 1.54. The summed E-state index contributed by atoms with van der Waals surface area (Å²) in [6.45, 7) is -0.0659. The van der Waals surface area contributed by atoms with Gasteiger partial charge in [0.25, 0.3) is 0 Å². The first-order valence-corrected chi connectivity index (χ1v) is 6.74. The molecule has 2 bridgehead atoms. The first-order valence-electron chi connectivity index (χ1n) is 6.74. The van der Waals surface area contributed by atoms with Crippen LogP contribution in [0, 0.1) is 11.8 Å². The highest BCUT2D eigenvalue weighted by atomic mass is 16.3. The highest BCUT2D eigenvalue weighted by Crippen LogP contribution is 2.56. The minimum Gasteiger partial charge on any atom is -0.396 e. The molecule has 2 saturated carbocycles. The summed E-state index contributed by atoms with van der Waals surface area (Å²) < 4.78 is 0. The molecule has 0 heterocycles. The largest absolute Gasteiger partial charge is 0.396 e. The zero-order valence-electron chi connectivity index (χ0n) is 10.4. The van der Waals surface area contributed by atoms with E-state index in [-0.39, 0.29) is 24.4 Å². The van der Waals surface area contributed by atoms with E-state index in [1.807, 2.05) is 30.3 Å². The van der Waals surface area contributed by atoms with Crippen LogP contribution in [-0.2, 0) is 0 Å². The predicted molar refractivity (Wildman–Crippen MR) is 68.1 cm³/mol. The van der Waals surface area contributed by atoms with E-state index in [9.17, 15) is 15.3 Å². The second-order valence-electron chi connectivity index (χ2n) is 5.72. The summed E-state index contributed by atoms with van der Waals surface area (Å²) in [5, 5.41) is 30.7. The van der Waals surface area contributed by atoms with Crippen LogP contribution in [0.15, 0.2) is 30.3 Å². The fraction of sp³-hybridized carbons (Fsp3) is 0.600. The van der Waals surface area contributed by atoms with Gasteiger partial charge in [-0.25, -0.2) is 0 Å². The van der Waals surface area contributed by atoms with Crippen LogP contribution in [0.2, 0.25) is 0 Å². The molecular formula is C15H20O3. The smallest absolute Gasteiger partial charge is 0.0964 e. The van der Waals surface area contributed by atoms with E-state index in [1.54, 1.807) is 0 Å². The zero-order valence-corrected chi connectivity index (χ0v) is 10.4. The number of aliphatic hydroxyl groups excluding tert-OH is 2. The van der Waals surface area contributed by atoms with E-state index < -0.39 is 11.7 Å². The first-order chi connectivity index (χ1) is 8.68. The van der Waals surface area contributed by atoms with Gasteiger partial charge in [-0.1, -0.05) is 36.8 Å². The Kier molecular flexibility index (Phi) is 2.93. The summed E-state index contributed by atoms with van der Waals surface area (Å²) in [6.07, 6.45) is 1.75. The predicted octanol–water partition coefficient (Wildman–Crippen LogP) is 1.28. The molecule has 0 radical (unpaired) electrons. The summed E-state index contributed by atoms with van der Waals surface area (Å²) in [7, 11) is 0. The van der Waals surface area contributed by atoms with Crippen LogP contribution in [0.4, 0.5) is 0 Å². The lowest BCUT2D eigenvalue weighted by Gasteiger charge is -2.35. The number of hydrogen-bond acceptors (Lipinski definition) is 3. The summed E-state index contributed by atoms with van der Waals surface area (Å²) in [6, 6.07) is 9.98. The Balaban J connectivity index is 2.04. The van der Waals surface area contributed by atoms with Crippen molar-refractivity contribution >= 4 is 0 Å². The summed E-state index contributed by atoms with van der Waals surface area (Å²) in [4.78, 5) is 0. The van der Waals surface area contributed by atoms with Crippen molar-refractivity contribution in [3.05, 3.63) is 35.9 Å². The average Bonchev–Trinajstić information content (AvgIpc) is 2.53. The van der Waals surface area contributed by atoms with Gasteiger partial charge in [0.05, 0.1) is 11.7 Å². The van der Waals surface area contributed by atoms with Crippen molar-refractivity contribution in [2.24, 2.45) is 11.8 Å². The van der Waals surface area contributed by atoms with Crippen molar-refractivity contribution in [3.63, 3.8) is 0 Å². The Labute approximate surface area is 107 Å². The topological polar surface area (TPSA) is 60.7 Å². The van der Waals surface area contributed by atoms with Crippen molar-refractivity contribution in [1.29, 1.82) is 0 Å². The molecule has 3 heteroatoms. The van der Waals surface area contributed by atoms with Gasteiger partial charge in [0.2, 0.25) is 0 Å². The zero-order chi connectivity index (χ0) is 12.8. The number of fused-ring (bicyclic) bond motifs is 2. The van der Waals surface area contributed by atoms with Crippen LogP contribution in [0.25, 0.3) is 0 Å². The van der Waals surface area contributed by atoms with Gasteiger partial charge in [-0.15, -0.1) is 0 Å². The van der Waals surface area contributed by atoms with Gasteiger partial charge in [0.15, 0.2) is 0 Å². The van der Waals surface area contributed by atoms with Crippen molar-refractivity contribution < 1.29 is 15.3 Å². The summed E-state index contributed by atoms with van der Waals surface area (Å²) in [5.74, 6) is -0.107. The Bertz CT molecular complexity index is 419. The molecule has 1 aromatic rings. The minimum atomic E-state index is -1.10. The molecule has 2 fully saturated rings. The van der Waals surface area contributed by atoms with Crippen LogP contribution >= 0.6 is 0 Å². The molecular weight excluding hydrogens is 228 g/mol. The molecule has 0 aliphatic heterocycles. The maximum absolute atomic E-state index is 10.7. The Morgan fingerprint density at radius 3 is 2.61 bits per heavy atom. The van der Waals surface area contributed by atoms with E-state index in [2.05, 4.69) is 0 Å². The van der Waals surface area contributed by atoms with Crippen LogP contribution < -0.4 is 0 Å². The fourth-order valence-corrected chi connectivity index (χ4v) is 4.11. The molecule has 2 aliphatic rings. The van der Waals surface area contributed by atoms with Crippen LogP contribution in [0.1, 0.15) is 30.7 Å². The number of aliphatic hydroxyl groups is 3.